The number of benzene rings is 2. The summed E-state index contributed by atoms with van der Waals surface area (Å²) in [5.41, 5.74) is 7.97. The fourth-order valence-corrected chi connectivity index (χ4v) is 3.08. The predicted octanol–water partition coefficient (Wildman–Crippen LogP) is 4.17. The highest BCUT2D eigenvalue weighted by molar-refractivity contribution is 5.96. The third kappa shape index (κ3) is 1.49. The molecular weight excluding hydrogens is 232 g/mol. The van der Waals surface area contributed by atoms with Gasteiger partial charge in [-0.05, 0) is 36.2 Å². The van der Waals surface area contributed by atoms with Crippen molar-refractivity contribution in [2.45, 2.75) is 13.3 Å². The smallest absolute Gasteiger partial charge is 0.0503 e. The van der Waals surface area contributed by atoms with Crippen molar-refractivity contribution in [2.24, 2.45) is 0 Å². The molecule has 1 aromatic heterocycles. The maximum absolute atomic E-state index is 3.57. The third-order valence-corrected chi connectivity index (χ3v) is 3.94. The maximum atomic E-state index is 3.57. The monoisotopic (exact) mass is 248 g/mol. The molecule has 0 aliphatic heterocycles. The van der Waals surface area contributed by atoms with Gasteiger partial charge in [0.05, 0.1) is 5.69 Å². The Labute approximate surface area is 112 Å². The number of nitrogens with one attached hydrogen (secondary N) is 2. The van der Waals surface area contributed by atoms with Crippen molar-refractivity contribution in [1.82, 2.24) is 4.98 Å². The molecule has 0 spiro atoms. The SMILES string of the molecule is CCNc1ccc2[nH]c3c(c2c1)Cc1ccccc1-3. The molecule has 2 aromatic carbocycles. The summed E-state index contributed by atoms with van der Waals surface area (Å²) in [6.45, 7) is 3.08. The molecule has 1 aliphatic carbocycles. The number of rotatable bonds is 2. The van der Waals surface area contributed by atoms with E-state index in [4.69, 9.17) is 0 Å². The molecule has 0 atom stereocenters. The summed E-state index contributed by atoms with van der Waals surface area (Å²) in [5.74, 6) is 0. The van der Waals surface area contributed by atoms with Crippen molar-refractivity contribution in [2.75, 3.05) is 11.9 Å². The molecule has 1 aliphatic rings. The van der Waals surface area contributed by atoms with Crippen LogP contribution in [0, 0.1) is 0 Å². The van der Waals surface area contributed by atoms with Crippen LogP contribution in [0.5, 0.6) is 0 Å². The van der Waals surface area contributed by atoms with E-state index in [-0.39, 0.29) is 0 Å². The summed E-state index contributed by atoms with van der Waals surface area (Å²) < 4.78 is 0. The molecule has 0 radical (unpaired) electrons. The van der Waals surface area contributed by atoms with Crippen molar-refractivity contribution in [3.63, 3.8) is 0 Å². The Morgan fingerprint density at radius 1 is 1.16 bits per heavy atom. The second-order valence-corrected chi connectivity index (χ2v) is 5.10. The summed E-state index contributed by atoms with van der Waals surface area (Å²) in [4.78, 5) is 3.57. The number of hydrogen-bond acceptors (Lipinski definition) is 1. The first-order valence-corrected chi connectivity index (χ1v) is 6.83. The lowest BCUT2D eigenvalue weighted by Gasteiger charge is -2.03. The van der Waals surface area contributed by atoms with Gasteiger partial charge in [-0.25, -0.2) is 0 Å². The van der Waals surface area contributed by atoms with Gasteiger partial charge in [0.25, 0.3) is 0 Å². The van der Waals surface area contributed by atoms with Crippen LogP contribution in [0.4, 0.5) is 5.69 Å². The Kier molecular flexibility index (Phi) is 2.18. The highest BCUT2D eigenvalue weighted by Gasteiger charge is 2.22. The number of aromatic amines is 1. The summed E-state index contributed by atoms with van der Waals surface area (Å²) in [6, 6.07) is 15.3. The van der Waals surface area contributed by atoms with Gasteiger partial charge in [0, 0.05) is 35.1 Å². The standard InChI is InChI=1S/C17H16N2/c1-2-18-12-7-8-16-14(10-12)15-9-11-5-3-4-6-13(11)17(15)19-16/h3-8,10,18-19H,2,9H2,1H3. The molecule has 19 heavy (non-hydrogen) atoms. The molecule has 0 unspecified atom stereocenters. The molecule has 94 valence electrons. The molecule has 0 saturated heterocycles. The fourth-order valence-electron chi connectivity index (χ4n) is 3.08. The topological polar surface area (TPSA) is 27.8 Å². The first kappa shape index (κ1) is 10.7. The summed E-state index contributed by atoms with van der Waals surface area (Å²) >= 11 is 0. The van der Waals surface area contributed by atoms with Gasteiger partial charge in [0.2, 0.25) is 0 Å². The molecule has 1 heterocycles. The number of aromatic nitrogens is 1. The Morgan fingerprint density at radius 2 is 2.05 bits per heavy atom. The van der Waals surface area contributed by atoms with E-state index in [1.165, 1.54) is 39.0 Å². The molecule has 2 nitrogen and oxygen atoms in total. The largest absolute Gasteiger partial charge is 0.385 e. The van der Waals surface area contributed by atoms with Crippen molar-refractivity contribution >= 4 is 16.6 Å². The van der Waals surface area contributed by atoms with Crippen molar-refractivity contribution < 1.29 is 0 Å². The second kappa shape index (κ2) is 3.89. The zero-order valence-electron chi connectivity index (χ0n) is 11.0. The van der Waals surface area contributed by atoms with Gasteiger partial charge in [-0.1, -0.05) is 24.3 Å². The average molecular weight is 248 g/mol. The van der Waals surface area contributed by atoms with Gasteiger partial charge < -0.3 is 10.3 Å². The third-order valence-electron chi connectivity index (χ3n) is 3.94. The van der Waals surface area contributed by atoms with Gasteiger partial charge in [0.15, 0.2) is 0 Å². The van der Waals surface area contributed by atoms with Crippen LogP contribution in [0.15, 0.2) is 42.5 Å². The van der Waals surface area contributed by atoms with Gasteiger partial charge >= 0.3 is 0 Å². The van der Waals surface area contributed by atoms with Gasteiger partial charge in [-0.2, -0.15) is 0 Å². The zero-order chi connectivity index (χ0) is 12.8. The molecule has 2 heteroatoms. The lowest BCUT2D eigenvalue weighted by Crippen LogP contribution is -1.95. The maximum Gasteiger partial charge on any atom is 0.0503 e. The summed E-state index contributed by atoms with van der Waals surface area (Å²) in [6.07, 6.45) is 1.04. The van der Waals surface area contributed by atoms with Crippen LogP contribution >= 0.6 is 0 Å². The van der Waals surface area contributed by atoms with Crippen LogP contribution in [0.2, 0.25) is 0 Å². The lowest BCUT2D eigenvalue weighted by molar-refractivity contribution is 1.21. The van der Waals surface area contributed by atoms with E-state index in [1.54, 1.807) is 0 Å². The van der Waals surface area contributed by atoms with Crippen molar-refractivity contribution in [1.29, 1.82) is 0 Å². The van der Waals surface area contributed by atoms with E-state index in [1.807, 2.05) is 0 Å². The molecule has 0 amide bonds. The van der Waals surface area contributed by atoms with Crippen molar-refractivity contribution in [3.8, 4) is 11.3 Å². The highest BCUT2D eigenvalue weighted by atomic mass is 14.9. The van der Waals surface area contributed by atoms with E-state index >= 15 is 0 Å². The van der Waals surface area contributed by atoms with Crippen molar-refractivity contribution in [3.05, 3.63) is 53.6 Å². The van der Waals surface area contributed by atoms with Crippen LogP contribution in [0.3, 0.4) is 0 Å². The first-order chi connectivity index (χ1) is 9.36. The molecular formula is C17H16N2. The Bertz CT molecular complexity index is 768. The highest BCUT2D eigenvalue weighted by Crippen LogP contribution is 2.40. The minimum atomic E-state index is 0.957. The van der Waals surface area contributed by atoms with Crippen LogP contribution in [-0.4, -0.2) is 11.5 Å². The van der Waals surface area contributed by atoms with Crippen LogP contribution < -0.4 is 5.32 Å². The number of H-pyrrole nitrogens is 1. The normalized spacial score (nSPS) is 12.5. The average Bonchev–Trinajstić information content (AvgIpc) is 2.95. The molecule has 2 N–H and O–H groups in total. The molecule has 0 saturated carbocycles. The second-order valence-electron chi connectivity index (χ2n) is 5.10. The lowest BCUT2D eigenvalue weighted by atomic mass is 10.1. The van der Waals surface area contributed by atoms with Crippen LogP contribution in [0.1, 0.15) is 18.1 Å². The Balaban J connectivity index is 1.94. The fraction of sp³-hybridized carbons (Fsp3) is 0.176. The van der Waals surface area contributed by atoms with Crippen LogP contribution in [-0.2, 0) is 6.42 Å². The Hall–Kier alpha value is -2.22. The van der Waals surface area contributed by atoms with E-state index in [2.05, 4.69) is 59.7 Å². The predicted molar refractivity (Wildman–Crippen MR) is 80.7 cm³/mol. The summed E-state index contributed by atoms with van der Waals surface area (Å²) in [5, 5.41) is 4.74. The van der Waals surface area contributed by atoms with E-state index in [0.29, 0.717) is 0 Å². The molecule has 4 rings (SSSR count). The van der Waals surface area contributed by atoms with E-state index in [0.717, 1.165) is 13.0 Å². The van der Waals surface area contributed by atoms with E-state index in [9.17, 15) is 0 Å². The van der Waals surface area contributed by atoms with Gasteiger partial charge in [-0.15, -0.1) is 0 Å². The quantitative estimate of drug-likeness (QED) is 0.547. The Morgan fingerprint density at radius 3 is 2.95 bits per heavy atom. The first-order valence-electron chi connectivity index (χ1n) is 6.83. The van der Waals surface area contributed by atoms with Gasteiger partial charge in [-0.3, -0.25) is 0 Å². The van der Waals surface area contributed by atoms with E-state index < -0.39 is 0 Å². The summed E-state index contributed by atoms with van der Waals surface area (Å²) in [7, 11) is 0. The number of anilines is 1. The molecule has 3 aromatic rings. The minimum Gasteiger partial charge on any atom is -0.385 e. The number of fused-ring (bicyclic) bond motifs is 5. The van der Waals surface area contributed by atoms with Gasteiger partial charge in [0.1, 0.15) is 0 Å². The molecule has 0 bridgehead atoms. The number of hydrogen-bond donors (Lipinski definition) is 2. The molecule has 0 fully saturated rings. The zero-order valence-corrected chi connectivity index (χ0v) is 11.0. The van der Waals surface area contributed by atoms with Crippen LogP contribution in [0.25, 0.3) is 22.2 Å². The minimum absolute atomic E-state index is 0.957.